The summed E-state index contributed by atoms with van der Waals surface area (Å²) < 4.78 is 13.4. The lowest BCUT2D eigenvalue weighted by atomic mass is 9.64. The second kappa shape index (κ2) is 4.33. The van der Waals surface area contributed by atoms with Gasteiger partial charge in [0, 0.05) is 5.41 Å². The molecular weight excluding hydrogens is 195 g/mol. The summed E-state index contributed by atoms with van der Waals surface area (Å²) in [7, 11) is 0. The Morgan fingerprint density at radius 3 is 2.53 bits per heavy atom. The summed E-state index contributed by atoms with van der Waals surface area (Å²) in [6.07, 6.45) is 1.98. The fourth-order valence-corrected chi connectivity index (χ4v) is 2.50. The van der Waals surface area contributed by atoms with Crippen LogP contribution in [-0.4, -0.2) is 11.1 Å². The van der Waals surface area contributed by atoms with E-state index in [1.165, 1.54) is 0 Å². The first-order valence-electron chi connectivity index (χ1n) is 5.44. The Balaban J connectivity index is 2.83. The third-order valence-electron chi connectivity index (χ3n) is 3.83. The Bertz CT molecular complexity index is 275. The third-order valence-corrected chi connectivity index (χ3v) is 3.83. The van der Waals surface area contributed by atoms with Crippen molar-refractivity contribution in [3.05, 3.63) is 12.4 Å². The molecule has 0 saturated heterocycles. The molecule has 1 rings (SSSR count). The van der Waals surface area contributed by atoms with E-state index in [1.807, 2.05) is 0 Å². The standard InChI is InChI=1S/C12H19FO2/c1-8-4-5-12(10(3)13,6-9(8)2)7-11(14)15/h8-9H,3-7H2,1-2H3,(H,14,15). The van der Waals surface area contributed by atoms with Crippen molar-refractivity contribution in [2.45, 2.75) is 39.5 Å². The number of halogens is 1. The molecule has 0 bridgehead atoms. The topological polar surface area (TPSA) is 37.3 Å². The highest BCUT2D eigenvalue weighted by Gasteiger charge is 2.42. The molecule has 3 heteroatoms. The molecule has 0 aromatic carbocycles. The molecule has 0 aromatic rings. The van der Waals surface area contributed by atoms with Gasteiger partial charge in [0.25, 0.3) is 0 Å². The summed E-state index contributed by atoms with van der Waals surface area (Å²) in [5.41, 5.74) is -0.808. The van der Waals surface area contributed by atoms with Gasteiger partial charge in [-0.3, -0.25) is 4.79 Å². The minimum atomic E-state index is -0.935. The molecule has 2 nitrogen and oxygen atoms in total. The largest absolute Gasteiger partial charge is 0.481 e. The van der Waals surface area contributed by atoms with Crippen molar-refractivity contribution in [3.63, 3.8) is 0 Å². The predicted octanol–water partition coefficient (Wildman–Crippen LogP) is 3.39. The molecule has 1 aliphatic rings. The summed E-state index contributed by atoms with van der Waals surface area (Å²) in [4.78, 5) is 10.8. The van der Waals surface area contributed by atoms with Crippen molar-refractivity contribution in [2.24, 2.45) is 17.3 Å². The summed E-state index contributed by atoms with van der Waals surface area (Å²) in [6.45, 7) is 7.53. The van der Waals surface area contributed by atoms with Crippen LogP contribution in [0.25, 0.3) is 0 Å². The van der Waals surface area contributed by atoms with Crippen molar-refractivity contribution in [3.8, 4) is 0 Å². The van der Waals surface area contributed by atoms with E-state index in [2.05, 4.69) is 20.4 Å². The molecule has 0 amide bonds. The van der Waals surface area contributed by atoms with E-state index in [9.17, 15) is 9.18 Å². The monoisotopic (exact) mass is 214 g/mol. The molecule has 1 saturated carbocycles. The normalized spacial score (nSPS) is 36.2. The summed E-state index contributed by atoms with van der Waals surface area (Å²) in [5.74, 6) is -0.476. The first-order valence-corrected chi connectivity index (χ1v) is 5.44. The molecule has 0 spiro atoms. The molecule has 1 aliphatic carbocycles. The van der Waals surface area contributed by atoms with E-state index in [0.717, 1.165) is 6.42 Å². The first-order chi connectivity index (χ1) is 6.87. The molecule has 15 heavy (non-hydrogen) atoms. The second-order valence-corrected chi connectivity index (χ2v) is 4.95. The SMILES string of the molecule is C=C(F)C1(CC(=O)O)CCC(C)C(C)C1. The van der Waals surface area contributed by atoms with Gasteiger partial charge in [-0.15, -0.1) is 0 Å². The molecular formula is C12H19FO2. The molecule has 3 atom stereocenters. The zero-order chi connectivity index (χ0) is 11.6. The zero-order valence-corrected chi connectivity index (χ0v) is 9.42. The average molecular weight is 214 g/mol. The molecule has 0 aromatic heterocycles. The summed E-state index contributed by atoms with van der Waals surface area (Å²) >= 11 is 0. The van der Waals surface area contributed by atoms with E-state index >= 15 is 0 Å². The highest BCUT2D eigenvalue weighted by atomic mass is 19.1. The van der Waals surface area contributed by atoms with Crippen LogP contribution in [0.1, 0.15) is 39.5 Å². The number of allylic oxidation sites excluding steroid dienone is 1. The van der Waals surface area contributed by atoms with Crippen LogP contribution in [-0.2, 0) is 4.79 Å². The Kier molecular flexibility index (Phi) is 3.53. The highest BCUT2D eigenvalue weighted by molar-refractivity contribution is 5.68. The molecule has 3 unspecified atom stereocenters. The second-order valence-electron chi connectivity index (χ2n) is 4.95. The number of hydrogen-bond acceptors (Lipinski definition) is 1. The molecule has 0 radical (unpaired) electrons. The highest BCUT2D eigenvalue weighted by Crippen LogP contribution is 2.49. The van der Waals surface area contributed by atoms with E-state index < -0.39 is 17.2 Å². The Morgan fingerprint density at radius 2 is 2.13 bits per heavy atom. The lowest BCUT2D eigenvalue weighted by molar-refractivity contribution is -0.140. The van der Waals surface area contributed by atoms with Crippen LogP contribution >= 0.6 is 0 Å². The van der Waals surface area contributed by atoms with E-state index in [1.54, 1.807) is 0 Å². The molecule has 86 valence electrons. The maximum atomic E-state index is 13.4. The number of aliphatic carboxylic acids is 1. The van der Waals surface area contributed by atoms with Gasteiger partial charge in [0.2, 0.25) is 0 Å². The van der Waals surface area contributed by atoms with Crippen molar-refractivity contribution in [2.75, 3.05) is 0 Å². The Labute approximate surface area is 90.2 Å². The minimum absolute atomic E-state index is 0.126. The predicted molar refractivity (Wildman–Crippen MR) is 57.1 cm³/mol. The number of rotatable bonds is 3. The van der Waals surface area contributed by atoms with Crippen molar-refractivity contribution in [1.29, 1.82) is 0 Å². The third kappa shape index (κ3) is 2.58. The van der Waals surface area contributed by atoms with Gasteiger partial charge in [0.05, 0.1) is 12.2 Å². The van der Waals surface area contributed by atoms with Gasteiger partial charge in [0.15, 0.2) is 0 Å². The molecule has 1 N–H and O–H groups in total. The van der Waals surface area contributed by atoms with E-state index in [4.69, 9.17) is 5.11 Å². The van der Waals surface area contributed by atoms with Gasteiger partial charge in [-0.25, -0.2) is 4.39 Å². The van der Waals surface area contributed by atoms with Crippen molar-refractivity contribution >= 4 is 5.97 Å². The minimum Gasteiger partial charge on any atom is -0.481 e. The fraction of sp³-hybridized carbons (Fsp3) is 0.750. The Morgan fingerprint density at radius 1 is 1.53 bits per heavy atom. The first kappa shape index (κ1) is 12.2. The number of carboxylic acids is 1. The lowest BCUT2D eigenvalue weighted by Crippen LogP contribution is -2.34. The quantitative estimate of drug-likeness (QED) is 0.781. The van der Waals surface area contributed by atoms with Crippen LogP contribution in [0.5, 0.6) is 0 Å². The molecule has 0 aliphatic heterocycles. The van der Waals surface area contributed by atoms with E-state index in [0.29, 0.717) is 24.7 Å². The van der Waals surface area contributed by atoms with Gasteiger partial charge in [-0.1, -0.05) is 20.4 Å². The molecule has 1 fully saturated rings. The molecule has 0 heterocycles. The smallest absolute Gasteiger partial charge is 0.304 e. The van der Waals surface area contributed by atoms with Crippen LogP contribution in [0, 0.1) is 17.3 Å². The fourth-order valence-electron chi connectivity index (χ4n) is 2.50. The number of carboxylic acid groups (broad SMARTS) is 1. The van der Waals surface area contributed by atoms with Crippen molar-refractivity contribution in [1.82, 2.24) is 0 Å². The van der Waals surface area contributed by atoms with Crippen molar-refractivity contribution < 1.29 is 14.3 Å². The van der Waals surface area contributed by atoms with Gasteiger partial charge in [-0.2, -0.15) is 0 Å². The van der Waals surface area contributed by atoms with Gasteiger partial charge in [0.1, 0.15) is 0 Å². The van der Waals surface area contributed by atoms with E-state index in [-0.39, 0.29) is 6.42 Å². The average Bonchev–Trinajstić information content (AvgIpc) is 2.10. The van der Waals surface area contributed by atoms with Gasteiger partial charge >= 0.3 is 5.97 Å². The maximum Gasteiger partial charge on any atom is 0.304 e. The summed E-state index contributed by atoms with van der Waals surface area (Å²) in [6, 6.07) is 0. The van der Waals surface area contributed by atoms with Crippen LogP contribution < -0.4 is 0 Å². The number of hydrogen-bond donors (Lipinski definition) is 1. The van der Waals surface area contributed by atoms with Gasteiger partial charge in [-0.05, 0) is 31.1 Å². The zero-order valence-electron chi connectivity index (χ0n) is 9.42. The Hall–Kier alpha value is -0.860. The number of carbonyl (C=O) groups is 1. The van der Waals surface area contributed by atoms with Crippen LogP contribution in [0.3, 0.4) is 0 Å². The van der Waals surface area contributed by atoms with Crippen LogP contribution in [0.2, 0.25) is 0 Å². The summed E-state index contributed by atoms with van der Waals surface area (Å²) in [5, 5.41) is 8.82. The lowest BCUT2D eigenvalue weighted by Gasteiger charge is -2.40. The maximum absolute atomic E-state index is 13.4. The van der Waals surface area contributed by atoms with Gasteiger partial charge < -0.3 is 5.11 Å². The van der Waals surface area contributed by atoms with Crippen LogP contribution in [0.15, 0.2) is 12.4 Å². The van der Waals surface area contributed by atoms with Crippen LogP contribution in [0.4, 0.5) is 4.39 Å².